The Balaban J connectivity index is 1.70. The molecule has 2 heterocycles. The van der Waals surface area contributed by atoms with Crippen LogP contribution in [0.2, 0.25) is 0 Å². The van der Waals surface area contributed by atoms with Gasteiger partial charge < -0.3 is 25.9 Å². The Morgan fingerprint density at radius 1 is 0.975 bits per heavy atom. The normalized spacial score (nSPS) is 21.2. The molecule has 3 atom stereocenters. The lowest BCUT2D eigenvalue weighted by Crippen LogP contribution is -2.55. The summed E-state index contributed by atoms with van der Waals surface area (Å²) in [5, 5.41) is 18.7. The van der Waals surface area contributed by atoms with Crippen molar-refractivity contribution in [3.63, 3.8) is 0 Å². The number of benzene rings is 2. The molecule has 1 aromatic heterocycles. The lowest BCUT2D eigenvalue weighted by Gasteiger charge is -2.24. The molecule has 8 nitrogen and oxygen atoms in total. The van der Waals surface area contributed by atoms with Gasteiger partial charge in [0.25, 0.3) is 0 Å². The standard InChI is InChI=1S/C32H41N5O3/c1-20(33)9-5-8-12-27-31(39)34-21(2)10-6-7-11-23-13-15-29-25(17-23)26-18-24(14-16-30(26)37(29)4)19-28(32(40)36-27)35-22(3)38/h6-7,13-18,21,27-28,33H,5,8-12,19H2,1-4H3,(H,34,39)(H,35,38)(H,36,40)/b7-6+,33-20?/t21-,27+,28?/m1/s1. The molecule has 40 heavy (non-hydrogen) atoms. The average molecular weight is 544 g/mol. The van der Waals surface area contributed by atoms with Gasteiger partial charge in [0, 0.05) is 54.0 Å². The molecule has 3 aromatic rings. The minimum Gasteiger partial charge on any atom is -0.352 e. The summed E-state index contributed by atoms with van der Waals surface area (Å²) in [6.07, 6.45) is 8.60. The summed E-state index contributed by atoms with van der Waals surface area (Å²) in [4.78, 5) is 38.9. The van der Waals surface area contributed by atoms with Gasteiger partial charge in [-0.15, -0.1) is 0 Å². The minimum atomic E-state index is -0.821. The van der Waals surface area contributed by atoms with Gasteiger partial charge in [-0.1, -0.05) is 30.7 Å². The third-order valence-electron chi connectivity index (χ3n) is 7.59. The molecular formula is C32H41N5O3. The van der Waals surface area contributed by atoms with Crippen LogP contribution in [0.1, 0.15) is 64.0 Å². The Labute approximate surface area is 236 Å². The first-order valence-electron chi connectivity index (χ1n) is 14.2. The van der Waals surface area contributed by atoms with Gasteiger partial charge in [-0.2, -0.15) is 0 Å². The number of carbonyl (C=O) groups is 3. The highest BCUT2D eigenvalue weighted by molar-refractivity contribution is 6.08. The number of fused-ring (bicyclic) bond motifs is 2. The third-order valence-corrected chi connectivity index (χ3v) is 7.59. The van der Waals surface area contributed by atoms with Crippen LogP contribution in [-0.2, 0) is 34.3 Å². The van der Waals surface area contributed by atoms with Gasteiger partial charge in [0.2, 0.25) is 17.7 Å². The lowest BCUT2D eigenvalue weighted by molar-refractivity contribution is -0.132. The lowest BCUT2D eigenvalue weighted by atomic mass is 10.00. The van der Waals surface area contributed by atoms with E-state index in [0.717, 1.165) is 40.2 Å². The number of nitrogens with one attached hydrogen (secondary N) is 4. The van der Waals surface area contributed by atoms with Crippen LogP contribution < -0.4 is 16.0 Å². The first-order valence-corrected chi connectivity index (χ1v) is 14.2. The summed E-state index contributed by atoms with van der Waals surface area (Å²) in [6.45, 7) is 5.12. The van der Waals surface area contributed by atoms with Crippen LogP contribution in [0.15, 0.2) is 48.6 Å². The van der Waals surface area contributed by atoms with E-state index in [1.165, 1.54) is 12.5 Å². The van der Waals surface area contributed by atoms with E-state index in [-0.39, 0.29) is 23.8 Å². The third kappa shape index (κ3) is 7.17. The van der Waals surface area contributed by atoms with E-state index < -0.39 is 12.1 Å². The highest BCUT2D eigenvalue weighted by Gasteiger charge is 2.27. The van der Waals surface area contributed by atoms with E-state index >= 15 is 0 Å². The number of allylic oxidation sites excluding steroid dienone is 1. The predicted molar refractivity (Wildman–Crippen MR) is 161 cm³/mol. The van der Waals surface area contributed by atoms with Crippen molar-refractivity contribution in [1.82, 2.24) is 20.5 Å². The molecule has 0 aliphatic carbocycles. The molecule has 0 fully saturated rings. The number of amides is 3. The van der Waals surface area contributed by atoms with Crippen LogP contribution in [0.5, 0.6) is 0 Å². The van der Waals surface area contributed by atoms with Crippen LogP contribution in [0.25, 0.3) is 21.8 Å². The molecule has 4 N–H and O–H groups in total. The number of hydrogen-bond acceptors (Lipinski definition) is 4. The zero-order chi connectivity index (χ0) is 28.8. The summed E-state index contributed by atoms with van der Waals surface area (Å²) in [7, 11) is 2.06. The Hall–Kier alpha value is -3.94. The van der Waals surface area contributed by atoms with E-state index in [9.17, 15) is 14.4 Å². The Morgan fingerprint density at radius 3 is 2.33 bits per heavy atom. The second-order valence-corrected chi connectivity index (χ2v) is 11.1. The Morgan fingerprint density at radius 2 is 1.65 bits per heavy atom. The average Bonchev–Trinajstić information content (AvgIpc) is 3.17. The molecule has 212 valence electrons. The minimum absolute atomic E-state index is 0.104. The smallest absolute Gasteiger partial charge is 0.243 e. The highest BCUT2D eigenvalue weighted by atomic mass is 16.2. The molecule has 4 bridgehead atoms. The number of nitrogens with zero attached hydrogens (tertiary/aromatic N) is 1. The quantitative estimate of drug-likeness (QED) is 0.209. The number of unbranched alkanes of at least 4 members (excludes halogenated alkanes) is 1. The molecule has 0 radical (unpaired) electrons. The molecule has 1 aliphatic rings. The summed E-state index contributed by atoms with van der Waals surface area (Å²) in [6, 6.07) is 11.0. The van der Waals surface area contributed by atoms with Gasteiger partial charge in [-0.05, 0) is 81.3 Å². The molecule has 0 spiro atoms. The fraction of sp³-hybridized carbons (Fsp3) is 0.438. The van der Waals surface area contributed by atoms with Gasteiger partial charge in [0.05, 0.1) is 0 Å². The summed E-state index contributed by atoms with van der Waals surface area (Å²) in [5.41, 5.74) is 4.98. The van der Waals surface area contributed by atoms with Crippen molar-refractivity contribution >= 4 is 45.2 Å². The molecular weight excluding hydrogens is 502 g/mol. The molecule has 0 saturated heterocycles. The summed E-state index contributed by atoms with van der Waals surface area (Å²) < 4.78 is 2.18. The fourth-order valence-electron chi connectivity index (χ4n) is 5.46. The van der Waals surface area contributed by atoms with Crippen LogP contribution in [0.3, 0.4) is 0 Å². The van der Waals surface area contributed by atoms with Crippen molar-refractivity contribution in [1.29, 1.82) is 5.41 Å². The molecule has 4 rings (SSSR count). The van der Waals surface area contributed by atoms with Gasteiger partial charge in [-0.25, -0.2) is 0 Å². The van der Waals surface area contributed by atoms with Crippen molar-refractivity contribution in [3.05, 3.63) is 59.7 Å². The molecule has 0 saturated carbocycles. The van der Waals surface area contributed by atoms with Crippen LogP contribution in [0, 0.1) is 5.41 Å². The van der Waals surface area contributed by atoms with Crippen LogP contribution in [-0.4, -0.2) is 46.1 Å². The monoisotopic (exact) mass is 543 g/mol. The highest BCUT2D eigenvalue weighted by Crippen LogP contribution is 2.30. The van der Waals surface area contributed by atoms with Crippen LogP contribution >= 0.6 is 0 Å². The fourth-order valence-corrected chi connectivity index (χ4v) is 5.46. The maximum absolute atomic E-state index is 13.5. The van der Waals surface area contributed by atoms with Gasteiger partial charge in [-0.3, -0.25) is 14.4 Å². The predicted octanol–water partition coefficient (Wildman–Crippen LogP) is 4.47. The summed E-state index contributed by atoms with van der Waals surface area (Å²) in [5.74, 6) is -0.919. The summed E-state index contributed by atoms with van der Waals surface area (Å²) >= 11 is 0. The van der Waals surface area contributed by atoms with Gasteiger partial charge >= 0.3 is 0 Å². The van der Waals surface area contributed by atoms with Crippen LogP contribution in [0.4, 0.5) is 0 Å². The first-order chi connectivity index (χ1) is 19.1. The van der Waals surface area contributed by atoms with Crippen molar-refractivity contribution in [2.45, 2.75) is 83.8 Å². The topological polar surface area (TPSA) is 116 Å². The first kappa shape index (κ1) is 29.1. The van der Waals surface area contributed by atoms with Crippen molar-refractivity contribution in [3.8, 4) is 0 Å². The van der Waals surface area contributed by atoms with E-state index in [1.54, 1.807) is 6.92 Å². The van der Waals surface area contributed by atoms with E-state index in [2.05, 4.69) is 70.0 Å². The van der Waals surface area contributed by atoms with E-state index in [4.69, 9.17) is 5.41 Å². The number of aromatic nitrogens is 1. The molecule has 3 amide bonds. The Bertz CT molecular complexity index is 1450. The van der Waals surface area contributed by atoms with Crippen molar-refractivity contribution in [2.75, 3.05) is 0 Å². The maximum atomic E-state index is 13.5. The molecule has 1 unspecified atom stereocenters. The zero-order valence-corrected chi connectivity index (χ0v) is 24.0. The second kappa shape index (κ2) is 12.9. The molecule has 8 heteroatoms. The zero-order valence-electron chi connectivity index (χ0n) is 24.0. The number of rotatable bonds is 6. The SMILES string of the molecule is CC(=N)CCCC[C@@H]1NC(=O)C(NC(C)=O)Cc2ccc3c(c2)c2cc(ccc2n3C)C/C=C/C[C@@H](C)NC1=O. The Kier molecular flexibility index (Phi) is 9.40. The molecule has 2 aromatic carbocycles. The van der Waals surface area contributed by atoms with Crippen molar-refractivity contribution < 1.29 is 14.4 Å². The molecule has 1 aliphatic heterocycles. The van der Waals surface area contributed by atoms with Gasteiger partial charge in [0.1, 0.15) is 12.1 Å². The number of aryl methyl sites for hydroxylation is 1. The number of carbonyl (C=O) groups excluding carboxylic acids is 3. The van der Waals surface area contributed by atoms with Crippen molar-refractivity contribution in [2.24, 2.45) is 7.05 Å². The number of hydrogen-bond donors (Lipinski definition) is 4. The maximum Gasteiger partial charge on any atom is 0.243 e. The van der Waals surface area contributed by atoms with E-state index in [1.807, 2.05) is 13.0 Å². The second-order valence-electron chi connectivity index (χ2n) is 11.1. The van der Waals surface area contributed by atoms with Gasteiger partial charge in [0.15, 0.2) is 0 Å². The van der Waals surface area contributed by atoms with E-state index in [0.29, 0.717) is 37.8 Å². The largest absolute Gasteiger partial charge is 0.352 e.